The van der Waals surface area contributed by atoms with E-state index in [1.54, 1.807) is 0 Å². The molecule has 0 saturated carbocycles. The van der Waals surface area contributed by atoms with Gasteiger partial charge in [-0.25, -0.2) is 4.98 Å². The van der Waals surface area contributed by atoms with Gasteiger partial charge in [0.15, 0.2) is 6.61 Å². The van der Waals surface area contributed by atoms with E-state index in [9.17, 15) is 26.3 Å². The number of nitrogen functional groups attached to an aromatic ring is 1. The van der Waals surface area contributed by atoms with E-state index in [1.807, 2.05) is 0 Å². The predicted octanol–water partition coefficient (Wildman–Crippen LogP) is 3.78. The number of hydrogen-bond acceptors (Lipinski definition) is 3. The fourth-order valence-electron chi connectivity index (χ4n) is 1.67. The number of fused-ring (bicyclic) bond motifs is 1. The second kappa shape index (κ2) is 4.97. The van der Waals surface area contributed by atoms with Crippen LogP contribution in [0, 0.1) is 0 Å². The number of benzene rings is 1. The first-order chi connectivity index (χ1) is 9.58. The van der Waals surface area contributed by atoms with E-state index in [0.717, 1.165) is 6.07 Å². The van der Waals surface area contributed by atoms with Crippen LogP contribution in [0.2, 0.25) is 0 Å². The first-order valence-corrected chi connectivity index (χ1v) is 5.54. The highest BCUT2D eigenvalue weighted by atomic mass is 19.4. The van der Waals surface area contributed by atoms with Crippen LogP contribution < -0.4 is 10.5 Å². The summed E-state index contributed by atoms with van der Waals surface area (Å²) in [7, 11) is 0. The molecule has 0 atom stereocenters. The SMILES string of the molecule is Nc1cc(C(F)(F)F)nc2c(OCC(F)(F)F)cccc12. The van der Waals surface area contributed by atoms with Gasteiger partial charge >= 0.3 is 12.4 Å². The van der Waals surface area contributed by atoms with Crippen LogP contribution in [0.4, 0.5) is 32.0 Å². The molecule has 0 fully saturated rings. The average Bonchev–Trinajstić information content (AvgIpc) is 2.34. The zero-order valence-electron chi connectivity index (χ0n) is 10.2. The van der Waals surface area contributed by atoms with Crippen LogP contribution in [0.1, 0.15) is 5.69 Å². The molecule has 0 amide bonds. The molecule has 114 valence electrons. The summed E-state index contributed by atoms with van der Waals surface area (Å²) in [5.41, 5.74) is 3.58. The van der Waals surface area contributed by atoms with Gasteiger partial charge in [0, 0.05) is 11.1 Å². The standard InChI is InChI=1S/C12H8F6N2O/c13-11(14,15)5-21-8-3-1-2-6-7(19)4-9(12(16,17)18)20-10(6)8/h1-4H,5H2,(H2,19,20). The first kappa shape index (κ1) is 15.2. The van der Waals surface area contributed by atoms with E-state index >= 15 is 0 Å². The van der Waals surface area contributed by atoms with Crippen LogP contribution in [-0.2, 0) is 6.18 Å². The van der Waals surface area contributed by atoms with Crippen LogP contribution >= 0.6 is 0 Å². The van der Waals surface area contributed by atoms with Crippen molar-refractivity contribution in [2.45, 2.75) is 12.4 Å². The molecule has 0 aliphatic heterocycles. The third kappa shape index (κ3) is 3.47. The first-order valence-electron chi connectivity index (χ1n) is 5.54. The molecule has 0 saturated heterocycles. The molecule has 2 N–H and O–H groups in total. The Balaban J connectivity index is 2.54. The lowest BCUT2D eigenvalue weighted by Crippen LogP contribution is -2.19. The fraction of sp³-hybridized carbons (Fsp3) is 0.250. The number of hydrogen-bond donors (Lipinski definition) is 1. The minimum absolute atomic E-state index is 0.0858. The Labute approximate surface area is 114 Å². The molecule has 1 heterocycles. The van der Waals surface area contributed by atoms with E-state index in [1.165, 1.54) is 12.1 Å². The van der Waals surface area contributed by atoms with E-state index in [2.05, 4.69) is 9.72 Å². The molecule has 0 spiro atoms. The van der Waals surface area contributed by atoms with Gasteiger partial charge in [0.25, 0.3) is 0 Å². The minimum Gasteiger partial charge on any atom is -0.482 e. The zero-order valence-corrected chi connectivity index (χ0v) is 10.2. The van der Waals surface area contributed by atoms with E-state index < -0.39 is 30.4 Å². The van der Waals surface area contributed by atoms with Crippen molar-refractivity contribution in [1.82, 2.24) is 4.98 Å². The molecule has 3 nitrogen and oxygen atoms in total. The maximum Gasteiger partial charge on any atom is 0.433 e. The van der Waals surface area contributed by atoms with Crippen molar-refractivity contribution in [2.75, 3.05) is 12.3 Å². The number of anilines is 1. The van der Waals surface area contributed by atoms with E-state index in [0.29, 0.717) is 6.07 Å². The molecule has 1 aromatic heterocycles. The van der Waals surface area contributed by atoms with Crippen LogP contribution in [-0.4, -0.2) is 17.8 Å². The number of para-hydroxylation sites is 1. The largest absolute Gasteiger partial charge is 0.482 e. The third-order valence-electron chi connectivity index (χ3n) is 2.52. The van der Waals surface area contributed by atoms with Crippen molar-refractivity contribution in [1.29, 1.82) is 0 Å². The number of alkyl halides is 6. The second-order valence-electron chi connectivity index (χ2n) is 4.15. The number of pyridine rings is 1. The van der Waals surface area contributed by atoms with Gasteiger partial charge in [-0.1, -0.05) is 12.1 Å². The van der Waals surface area contributed by atoms with Gasteiger partial charge in [-0.2, -0.15) is 26.3 Å². The Bertz CT molecular complexity index is 665. The summed E-state index contributed by atoms with van der Waals surface area (Å²) < 4.78 is 78.9. The maximum atomic E-state index is 12.7. The van der Waals surface area contributed by atoms with Gasteiger partial charge in [-0.05, 0) is 12.1 Å². The summed E-state index contributed by atoms with van der Waals surface area (Å²) in [4.78, 5) is 3.31. The van der Waals surface area contributed by atoms with Crippen molar-refractivity contribution in [3.05, 3.63) is 30.0 Å². The van der Waals surface area contributed by atoms with Gasteiger partial charge in [-0.15, -0.1) is 0 Å². The van der Waals surface area contributed by atoms with Crippen molar-refractivity contribution < 1.29 is 31.1 Å². The van der Waals surface area contributed by atoms with E-state index in [4.69, 9.17) is 5.73 Å². The van der Waals surface area contributed by atoms with Crippen LogP contribution in [0.25, 0.3) is 10.9 Å². The molecule has 21 heavy (non-hydrogen) atoms. The maximum absolute atomic E-state index is 12.7. The number of halogens is 6. The molecular weight excluding hydrogens is 302 g/mol. The highest BCUT2D eigenvalue weighted by molar-refractivity contribution is 5.94. The van der Waals surface area contributed by atoms with Crippen molar-refractivity contribution >= 4 is 16.6 Å². The van der Waals surface area contributed by atoms with Crippen molar-refractivity contribution in [3.8, 4) is 5.75 Å². The zero-order chi connectivity index (χ0) is 15.8. The molecule has 0 aliphatic carbocycles. The molecular formula is C12H8F6N2O. The number of aromatic nitrogens is 1. The number of ether oxygens (including phenoxy) is 1. The Morgan fingerprint density at radius 1 is 1.10 bits per heavy atom. The Hall–Kier alpha value is -2.19. The van der Waals surface area contributed by atoms with Crippen LogP contribution in [0.3, 0.4) is 0 Å². The van der Waals surface area contributed by atoms with Gasteiger partial charge in [0.05, 0.1) is 0 Å². The summed E-state index contributed by atoms with van der Waals surface area (Å²) in [6.07, 6.45) is -9.38. The van der Waals surface area contributed by atoms with Crippen molar-refractivity contribution in [2.24, 2.45) is 0 Å². The number of rotatable bonds is 2. The lowest BCUT2D eigenvalue weighted by Gasteiger charge is -2.13. The highest BCUT2D eigenvalue weighted by Crippen LogP contribution is 2.35. The smallest absolute Gasteiger partial charge is 0.433 e. The Morgan fingerprint density at radius 3 is 2.33 bits per heavy atom. The second-order valence-corrected chi connectivity index (χ2v) is 4.15. The summed E-state index contributed by atoms with van der Waals surface area (Å²) in [6.45, 7) is -1.63. The molecule has 2 rings (SSSR count). The van der Waals surface area contributed by atoms with Crippen LogP contribution in [0.15, 0.2) is 24.3 Å². The molecule has 2 aromatic rings. The lowest BCUT2D eigenvalue weighted by atomic mass is 10.1. The average molecular weight is 310 g/mol. The summed E-state index contributed by atoms with van der Waals surface area (Å²) in [5.74, 6) is -0.414. The van der Waals surface area contributed by atoms with E-state index in [-0.39, 0.29) is 16.6 Å². The van der Waals surface area contributed by atoms with Gasteiger partial charge in [0.1, 0.15) is 17.0 Å². The van der Waals surface area contributed by atoms with Gasteiger partial charge < -0.3 is 10.5 Å². The summed E-state index contributed by atoms with van der Waals surface area (Å²) in [5, 5.41) is 0.0858. The summed E-state index contributed by atoms with van der Waals surface area (Å²) >= 11 is 0. The minimum atomic E-state index is -4.76. The molecule has 0 aliphatic rings. The van der Waals surface area contributed by atoms with Gasteiger partial charge in [-0.3, -0.25) is 0 Å². The highest BCUT2D eigenvalue weighted by Gasteiger charge is 2.34. The Kier molecular flexibility index (Phi) is 3.60. The topological polar surface area (TPSA) is 48.1 Å². The summed E-state index contributed by atoms with van der Waals surface area (Å²) in [6, 6.07) is 4.38. The molecule has 9 heteroatoms. The van der Waals surface area contributed by atoms with Gasteiger partial charge in [0.2, 0.25) is 0 Å². The molecule has 0 bridgehead atoms. The normalized spacial score (nSPS) is 12.7. The fourth-order valence-corrected chi connectivity index (χ4v) is 1.67. The predicted molar refractivity (Wildman–Crippen MR) is 62.7 cm³/mol. The Morgan fingerprint density at radius 2 is 1.76 bits per heavy atom. The quantitative estimate of drug-likeness (QED) is 0.859. The molecule has 1 aromatic carbocycles. The molecule has 0 radical (unpaired) electrons. The van der Waals surface area contributed by atoms with Crippen LogP contribution in [0.5, 0.6) is 5.75 Å². The third-order valence-corrected chi connectivity index (χ3v) is 2.52. The molecule has 0 unspecified atom stereocenters. The number of nitrogens with two attached hydrogens (primary N) is 1. The lowest BCUT2D eigenvalue weighted by molar-refractivity contribution is -0.153. The monoisotopic (exact) mass is 310 g/mol. The van der Waals surface area contributed by atoms with Crippen molar-refractivity contribution in [3.63, 3.8) is 0 Å². The number of nitrogens with zero attached hydrogens (tertiary/aromatic N) is 1.